The molecule has 0 spiro atoms. The van der Waals surface area contributed by atoms with Crippen LogP contribution in [0.25, 0.3) is 5.78 Å². The molecule has 6 nitrogen and oxygen atoms in total. The number of aromatic carboxylic acids is 1. The Kier molecular flexibility index (Phi) is 5.00. The van der Waals surface area contributed by atoms with Crippen molar-refractivity contribution in [3.05, 3.63) is 23.7 Å². The molecule has 0 aliphatic rings. The summed E-state index contributed by atoms with van der Waals surface area (Å²) in [7, 11) is 0. The molecule has 0 saturated heterocycles. The van der Waals surface area contributed by atoms with Crippen LogP contribution in [0.5, 0.6) is 5.88 Å². The molecule has 2 aromatic rings. The zero-order valence-electron chi connectivity index (χ0n) is 13.5. The molecule has 0 saturated carbocycles. The predicted octanol–water partition coefficient (Wildman–Crippen LogP) is 3.51. The maximum absolute atomic E-state index is 11.4. The molecule has 6 heteroatoms. The van der Waals surface area contributed by atoms with Crippen molar-refractivity contribution in [2.75, 3.05) is 0 Å². The van der Waals surface area contributed by atoms with Gasteiger partial charge in [0.1, 0.15) is 5.56 Å². The van der Waals surface area contributed by atoms with E-state index in [4.69, 9.17) is 4.74 Å². The lowest BCUT2D eigenvalue weighted by Crippen LogP contribution is -2.12. The van der Waals surface area contributed by atoms with Crippen LogP contribution in [-0.2, 0) is 0 Å². The molecule has 0 radical (unpaired) electrons. The van der Waals surface area contributed by atoms with E-state index in [9.17, 15) is 9.90 Å². The lowest BCUT2D eigenvalue weighted by molar-refractivity contribution is 0.0688. The van der Waals surface area contributed by atoms with Crippen molar-refractivity contribution in [3.63, 3.8) is 0 Å². The SMILES string of the molecule is CCCC(CC)c1cn2cc(C(=O)O)c(OC(C)C)nc2n1. The van der Waals surface area contributed by atoms with Crippen molar-refractivity contribution in [1.82, 2.24) is 14.4 Å². The first-order chi connectivity index (χ1) is 10.5. The first-order valence-electron chi connectivity index (χ1n) is 7.75. The van der Waals surface area contributed by atoms with E-state index in [1.807, 2.05) is 20.0 Å². The molecule has 2 rings (SSSR count). The summed E-state index contributed by atoms with van der Waals surface area (Å²) in [5.41, 5.74) is 1.00. The topological polar surface area (TPSA) is 76.7 Å². The van der Waals surface area contributed by atoms with Crippen LogP contribution in [0, 0.1) is 0 Å². The van der Waals surface area contributed by atoms with Gasteiger partial charge in [-0.1, -0.05) is 20.3 Å². The van der Waals surface area contributed by atoms with Crippen LogP contribution in [0.15, 0.2) is 12.4 Å². The van der Waals surface area contributed by atoms with E-state index in [-0.39, 0.29) is 17.5 Å². The fraction of sp³-hybridized carbons (Fsp3) is 0.562. The molecule has 1 atom stereocenters. The van der Waals surface area contributed by atoms with Gasteiger partial charge in [0.25, 0.3) is 0 Å². The Balaban J connectivity index is 2.49. The highest BCUT2D eigenvalue weighted by Crippen LogP contribution is 2.25. The van der Waals surface area contributed by atoms with E-state index < -0.39 is 5.97 Å². The molecule has 0 amide bonds. The summed E-state index contributed by atoms with van der Waals surface area (Å²) in [6.07, 6.45) is 6.39. The average Bonchev–Trinajstić information content (AvgIpc) is 2.85. The molecule has 2 aromatic heterocycles. The summed E-state index contributed by atoms with van der Waals surface area (Å²) >= 11 is 0. The van der Waals surface area contributed by atoms with Crippen LogP contribution in [0.3, 0.4) is 0 Å². The standard InChI is InChI=1S/C16H23N3O3/c1-5-7-11(6-2)13-9-19-8-12(15(20)21)14(22-10(3)4)18-16(19)17-13/h8-11H,5-7H2,1-4H3,(H,20,21). The van der Waals surface area contributed by atoms with E-state index in [2.05, 4.69) is 23.8 Å². The Morgan fingerprint density at radius 3 is 2.59 bits per heavy atom. The number of rotatable bonds is 7. The number of carboxylic acids is 1. The summed E-state index contributed by atoms with van der Waals surface area (Å²) in [5.74, 6) is -0.0868. The fourth-order valence-corrected chi connectivity index (χ4v) is 2.49. The highest BCUT2D eigenvalue weighted by molar-refractivity contribution is 5.90. The summed E-state index contributed by atoms with van der Waals surface area (Å²) < 4.78 is 7.18. The van der Waals surface area contributed by atoms with Crippen LogP contribution in [0.4, 0.5) is 0 Å². The molecule has 1 unspecified atom stereocenters. The number of carboxylic acid groups (broad SMARTS) is 1. The minimum Gasteiger partial charge on any atom is -0.477 e. The molecule has 0 bridgehead atoms. The lowest BCUT2D eigenvalue weighted by Gasteiger charge is -2.10. The van der Waals surface area contributed by atoms with Gasteiger partial charge in [0.15, 0.2) is 0 Å². The second-order valence-corrected chi connectivity index (χ2v) is 5.70. The lowest BCUT2D eigenvalue weighted by atomic mass is 9.98. The van der Waals surface area contributed by atoms with Crippen molar-refractivity contribution < 1.29 is 14.6 Å². The van der Waals surface area contributed by atoms with Gasteiger partial charge in [-0.05, 0) is 26.7 Å². The summed E-state index contributed by atoms with van der Waals surface area (Å²) in [6, 6.07) is 0. The zero-order valence-corrected chi connectivity index (χ0v) is 13.5. The number of carbonyl (C=O) groups is 1. The van der Waals surface area contributed by atoms with E-state index >= 15 is 0 Å². The third kappa shape index (κ3) is 3.37. The van der Waals surface area contributed by atoms with E-state index in [0.717, 1.165) is 25.0 Å². The number of hydrogen-bond acceptors (Lipinski definition) is 4. The second-order valence-electron chi connectivity index (χ2n) is 5.70. The molecule has 0 aliphatic heterocycles. The summed E-state index contributed by atoms with van der Waals surface area (Å²) in [6.45, 7) is 7.95. The summed E-state index contributed by atoms with van der Waals surface area (Å²) in [5, 5.41) is 9.33. The van der Waals surface area contributed by atoms with Crippen LogP contribution in [-0.4, -0.2) is 31.5 Å². The monoisotopic (exact) mass is 305 g/mol. The van der Waals surface area contributed by atoms with Crippen molar-refractivity contribution in [1.29, 1.82) is 0 Å². The van der Waals surface area contributed by atoms with Gasteiger partial charge in [0.05, 0.1) is 11.8 Å². The Labute approximate surface area is 130 Å². The maximum Gasteiger partial charge on any atom is 0.342 e. The molecule has 0 aliphatic carbocycles. The van der Waals surface area contributed by atoms with E-state index in [0.29, 0.717) is 11.7 Å². The quantitative estimate of drug-likeness (QED) is 0.847. The van der Waals surface area contributed by atoms with E-state index in [1.165, 1.54) is 6.20 Å². The van der Waals surface area contributed by atoms with Gasteiger partial charge in [-0.15, -0.1) is 0 Å². The first-order valence-corrected chi connectivity index (χ1v) is 7.75. The highest BCUT2D eigenvalue weighted by atomic mass is 16.5. The minimum atomic E-state index is -1.05. The van der Waals surface area contributed by atoms with Gasteiger partial charge in [-0.2, -0.15) is 4.98 Å². The first kappa shape index (κ1) is 16.3. The Bertz CT molecular complexity index is 664. The largest absolute Gasteiger partial charge is 0.477 e. The zero-order chi connectivity index (χ0) is 16.3. The number of hydrogen-bond donors (Lipinski definition) is 1. The fourth-order valence-electron chi connectivity index (χ4n) is 2.49. The Morgan fingerprint density at radius 1 is 1.32 bits per heavy atom. The maximum atomic E-state index is 11.4. The number of aromatic nitrogens is 3. The molecule has 120 valence electrons. The molecule has 22 heavy (non-hydrogen) atoms. The molecular formula is C16H23N3O3. The second kappa shape index (κ2) is 6.77. The number of fused-ring (bicyclic) bond motifs is 1. The van der Waals surface area contributed by atoms with E-state index in [1.54, 1.807) is 4.40 Å². The molecule has 1 N–H and O–H groups in total. The van der Waals surface area contributed by atoms with Gasteiger partial charge in [0, 0.05) is 18.3 Å². The molecule has 0 aromatic carbocycles. The molecule has 2 heterocycles. The number of imidazole rings is 1. The van der Waals surface area contributed by atoms with Crippen LogP contribution in [0.2, 0.25) is 0 Å². The smallest absolute Gasteiger partial charge is 0.342 e. The average molecular weight is 305 g/mol. The van der Waals surface area contributed by atoms with Crippen LogP contribution < -0.4 is 4.74 Å². The molecule has 0 fully saturated rings. The highest BCUT2D eigenvalue weighted by Gasteiger charge is 2.19. The molecular weight excluding hydrogens is 282 g/mol. The third-order valence-electron chi connectivity index (χ3n) is 3.56. The summed E-state index contributed by atoms with van der Waals surface area (Å²) in [4.78, 5) is 20.2. The van der Waals surface area contributed by atoms with Gasteiger partial charge < -0.3 is 9.84 Å². The Hall–Kier alpha value is -2.11. The predicted molar refractivity (Wildman–Crippen MR) is 83.7 cm³/mol. The van der Waals surface area contributed by atoms with Crippen molar-refractivity contribution in [3.8, 4) is 5.88 Å². The van der Waals surface area contributed by atoms with Crippen molar-refractivity contribution in [2.24, 2.45) is 0 Å². The van der Waals surface area contributed by atoms with Crippen LogP contribution >= 0.6 is 0 Å². The normalized spacial score (nSPS) is 12.8. The van der Waals surface area contributed by atoms with Crippen molar-refractivity contribution >= 4 is 11.7 Å². The number of ether oxygens (including phenoxy) is 1. The third-order valence-corrected chi connectivity index (χ3v) is 3.56. The van der Waals surface area contributed by atoms with Gasteiger partial charge >= 0.3 is 5.97 Å². The van der Waals surface area contributed by atoms with Crippen LogP contribution in [0.1, 0.15) is 68.9 Å². The van der Waals surface area contributed by atoms with Gasteiger partial charge in [-0.3, -0.25) is 4.40 Å². The van der Waals surface area contributed by atoms with Crippen molar-refractivity contribution in [2.45, 2.75) is 59.0 Å². The van der Waals surface area contributed by atoms with Gasteiger partial charge in [0.2, 0.25) is 11.7 Å². The number of nitrogens with zero attached hydrogens (tertiary/aromatic N) is 3. The Morgan fingerprint density at radius 2 is 2.05 bits per heavy atom. The minimum absolute atomic E-state index is 0.0497. The van der Waals surface area contributed by atoms with Gasteiger partial charge in [-0.25, -0.2) is 9.78 Å².